The molecule has 0 spiro atoms. The number of hydrogen-bond acceptors (Lipinski definition) is 2. The molecule has 0 fully saturated rings. The molecule has 0 N–H and O–H groups in total. The fraction of sp³-hybridized carbons (Fsp3) is 0. The summed E-state index contributed by atoms with van der Waals surface area (Å²) in [4.78, 5) is 3.55. The van der Waals surface area contributed by atoms with Gasteiger partial charge >= 0.3 is 5.82 Å². The molecule has 0 saturated heterocycles. The molecule has 0 amide bonds. The van der Waals surface area contributed by atoms with Gasteiger partial charge in [-0.05, 0) is 63.5 Å². The second-order valence-corrected chi connectivity index (χ2v) is 7.30. The predicted molar refractivity (Wildman–Crippen MR) is 119 cm³/mol. The van der Waals surface area contributed by atoms with Crippen LogP contribution < -0.4 is 4.80 Å². The van der Waals surface area contributed by atoms with Gasteiger partial charge in [0, 0.05) is 9.82 Å². The topological polar surface area (TPSA) is 34.6 Å². The van der Waals surface area contributed by atoms with Gasteiger partial charge in [-0.15, -0.1) is 0 Å². The smallest absolute Gasteiger partial charge is 0.0843 e. The van der Waals surface area contributed by atoms with Crippen LogP contribution in [-0.4, -0.2) is 15.0 Å². The Bertz CT molecular complexity index is 1280. The minimum absolute atomic E-state index is 0.637. The first-order chi connectivity index (χ1) is 14.8. The molecule has 0 radical (unpaired) electrons. The van der Waals surface area contributed by atoms with Gasteiger partial charge in [0.05, 0.1) is 10.7 Å². The van der Waals surface area contributed by atoms with Crippen LogP contribution in [0.15, 0.2) is 109 Å². The normalized spacial score (nSPS) is 10.8. The number of benzene rings is 4. The van der Waals surface area contributed by atoms with Crippen LogP contribution in [0.3, 0.4) is 0 Å². The standard InChI is InChI=1S/C25H18ClN4/c26-22-10-7-13-24(18-22)30-28-25(27-29(30)23-11-5-2-6-12-23)21-16-14-20(15-17-21)19-8-3-1-4-9-19/h1-18H/q+1. The molecule has 5 heteroatoms. The van der Waals surface area contributed by atoms with Crippen molar-refractivity contribution >= 4 is 11.6 Å². The Morgan fingerprint density at radius 3 is 1.97 bits per heavy atom. The molecule has 0 saturated carbocycles. The van der Waals surface area contributed by atoms with Gasteiger partial charge in [-0.25, -0.2) is 0 Å². The Morgan fingerprint density at radius 1 is 0.633 bits per heavy atom. The monoisotopic (exact) mass is 409 g/mol. The zero-order valence-corrected chi connectivity index (χ0v) is 16.8. The lowest BCUT2D eigenvalue weighted by Crippen LogP contribution is -2.43. The van der Waals surface area contributed by atoms with Gasteiger partial charge in [0.1, 0.15) is 5.69 Å². The number of para-hydroxylation sites is 1. The predicted octanol–water partition coefficient (Wildman–Crippen LogP) is 5.53. The average Bonchev–Trinajstić information content (AvgIpc) is 3.26. The summed E-state index contributed by atoms with van der Waals surface area (Å²) in [5.74, 6) is 0.637. The molecule has 5 rings (SSSR count). The van der Waals surface area contributed by atoms with E-state index in [1.165, 1.54) is 5.56 Å². The first kappa shape index (κ1) is 18.3. The molecule has 144 valence electrons. The number of tetrazole rings is 1. The minimum Gasteiger partial charge on any atom is -0.0843 e. The second kappa shape index (κ2) is 7.93. The summed E-state index contributed by atoms with van der Waals surface area (Å²) in [6.07, 6.45) is 0. The molecule has 1 heterocycles. The zero-order chi connectivity index (χ0) is 20.3. The molecule has 1 aromatic heterocycles. The van der Waals surface area contributed by atoms with E-state index < -0.39 is 0 Å². The van der Waals surface area contributed by atoms with E-state index in [0.717, 1.165) is 22.5 Å². The number of aromatic nitrogens is 4. The number of halogens is 1. The maximum Gasteiger partial charge on any atom is 0.340 e. The lowest BCUT2D eigenvalue weighted by atomic mass is 10.0. The SMILES string of the molecule is Clc1cccc(-n2nc(-c3ccc(-c4ccccc4)cc3)n[n+]2-c2ccccc2)c1. The largest absolute Gasteiger partial charge is 0.340 e. The summed E-state index contributed by atoms with van der Waals surface area (Å²) in [6.45, 7) is 0. The van der Waals surface area contributed by atoms with Crippen molar-refractivity contribution < 1.29 is 4.80 Å². The summed E-state index contributed by atoms with van der Waals surface area (Å²) >= 11 is 6.22. The summed E-state index contributed by atoms with van der Waals surface area (Å²) < 4.78 is 0. The fourth-order valence-corrected chi connectivity index (χ4v) is 3.52. The van der Waals surface area contributed by atoms with E-state index in [4.69, 9.17) is 21.8 Å². The number of hydrogen-bond donors (Lipinski definition) is 0. The van der Waals surface area contributed by atoms with Crippen molar-refractivity contribution in [1.82, 2.24) is 15.0 Å². The molecular weight excluding hydrogens is 392 g/mol. The Hall–Kier alpha value is -3.76. The van der Waals surface area contributed by atoms with Crippen molar-refractivity contribution in [2.24, 2.45) is 0 Å². The van der Waals surface area contributed by atoms with Crippen LogP contribution in [0.4, 0.5) is 0 Å². The highest BCUT2D eigenvalue weighted by Crippen LogP contribution is 2.23. The Balaban J connectivity index is 1.59. The van der Waals surface area contributed by atoms with Crippen molar-refractivity contribution in [2.45, 2.75) is 0 Å². The summed E-state index contributed by atoms with van der Waals surface area (Å²) in [7, 11) is 0. The van der Waals surface area contributed by atoms with Crippen LogP contribution in [0.25, 0.3) is 33.9 Å². The minimum atomic E-state index is 0.637. The van der Waals surface area contributed by atoms with Crippen LogP contribution in [0, 0.1) is 0 Å². The average molecular weight is 410 g/mol. The molecular formula is C25H18ClN4+. The van der Waals surface area contributed by atoms with Crippen molar-refractivity contribution in [1.29, 1.82) is 0 Å². The molecule has 5 aromatic rings. The third-order valence-corrected chi connectivity index (χ3v) is 5.07. The van der Waals surface area contributed by atoms with E-state index in [9.17, 15) is 0 Å². The Labute approximate surface area is 179 Å². The molecule has 0 aliphatic carbocycles. The van der Waals surface area contributed by atoms with Gasteiger partial charge in [-0.2, -0.15) is 0 Å². The van der Waals surface area contributed by atoms with E-state index in [0.29, 0.717) is 10.8 Å². The number of rotatable bonds is 4. The molecule has 0 bridgehead atoms. The third-order valence-electron chi connectivity index (χ3n) is 4.83. The molecule has 0 atom stereocenters. The quantitative estimate of drug-likeness (QED) is 0.366. The molecule has 30 heavy (non-hydrogen) atoms. The molecule has 4 nitrogen and oxygen atoms in total. The van der Waals surface area contributed by atoms with Gasteiger partial charge in [0.25, 0.3) is 0 Å². The summed E-state index contributed by atoms with van der Waals surface area (Å²) in [5, 5.41) is 10.2. The molecule has 0 aliphatic rings. The Morgan fingerprint density at radius 2 is 1.27 bits per heavy atom. The van der Waals surface area contributed by atoms with Crippen molar-refractivity contribution in [2.75, 3.05) is 0 Å². The lowest BCUT2D eigenvalue weighted by molar-refractivity contribution is -0.734. The first-order valence-corrected chi connectivity index (χ1v) is 10.0. The zero-order valence-electron chi connectivity index (χ0n) is 16.1. The van der Waals surface area contributed by atoms with Gasteiger partial charge in [0.15, 0.2) is 5.69 Å². The highest BCUT2D eigenvalue weighted by molar-refractivity contribution is 6.30. The molecule has 0 aliphatic heterocycles. The summed E-state index contributed by atoms with van der Waals surface area (Å²) in [5.41, 5.74) is 5.04. The van der Waals surface area contributed by atoms with Crippen LogP contribution in [0.1, 0.15) is 0 Å². The number of nitrogens with zero attached hydrogens (tertiary/aromatic N) is 4. The highest BCUT2D eigenvalue weighted by Gasteiger charge is 2.23. The maximum atomic E-state index is 6.22. The van der Waals surface area contributed by atoms with Crippen LogP contribution in [0.2, 0.25) is 5.02 Å². The fourth-order valence-electron chi connectivity index (χ4n) is 3.34. The second-order valence-electron chi connectivity index (χ2n) is 6.86. The van der Waals surface area contributed by atoms with Gasteiger partial charge in [0.2, 0.25) is 0 Å². The Kier molecular flexibility index (Phi) is 4.83. The van der Waals surface area contributed by atoms with E-state index >= 15 is 0 Å². The van der Waals surface area contributed by atoms with E-state index in [1.807, 2.05) is 72.8 Å². The van der Waals surface area contributed by atoms with E-state index in [2.05, 4.69) is 36.4 Å². The van der Waals surface area contributed by atoms with Crippen molar-refractivity contribution in [3.63, 3.8) is 0 Å². The summed E-state index contributed by atoms with van der Waals surface area (Å²) in [6, 6.07) is 36.1. The third kappa shape index (κ3) is 3.61. The van der Waals surface area contributed by atoms with Crippen LogP contribution >= 0.6 is 11.6 Å². The van der Waals surface area contributed by atoms with Crippen LogP contribution in [-0.2, 0) is 0 Å². The molecule has 0 unspecified atom stereocenters. The highest BCUT2D eigenvalue weighted by atomic mass is 35.5. The van der Waals surface area contributed by atoms with Crippen LogP contribution in [0.5, 0.6) is 0 Å². The van der Waals surface area contributed by atoms with Gasteiger partial charge in [-0.3, -0.25) is 0 Å². The van der Waals surface area contributed by atoms with Crippen molar-refractivity contribution in [3.8, 4) is 33.9 Å². The van der Waals surface area contributed by atoms with E-state index in [-0.39, 0.29) is 0 Å². The lowest BCUT2D eigenvalue weighted by Gasteiger charge is -2.00. The molecule has 4 aromatic carbocycles. The first-order valence-electron chi connectivity index (χ1n) is 9.65. The maximum absolute atomic E-state index is 6.22. The van der Waals surface area contributed by atoms with Gasteiger partial charge in [-0.1, -0.05) is 78.3 Å². The van der Waals surface area contributed by atoms with Gasteiger partial charge < -0.3 is 0 Å². The van der Waals surface area contributed by atoms with Crippen molar-refractivity contribution in [3.05, 3.63) is 114 Å². The van der Waals surface area contributed by atoms with E-state index in [1.54, 1.807) is 9.59 Å².